The van der Waals surface area contributed by atoms with Crippen LogP contribution in [0.25, 0.3) is 0 Å². The van der Waals surface area contributed by atoms with Gasteiger partial charge in [-0.15, -0.1) is 0 Å². The van der Waals surface area contributed by atoms with Crippen molar-refractivity contribution in [1.29, 1.82) is 0 Å². The summed E-state index contributed by atoms with van der Waals surface area (Å²) in [7, 11) is 0. The van der Waals surface area contributed by atoms with Gasteiger partial charge in [-0.1, -0.05) is 24.3 Å². The van der Waals surface area contributed by atoms with E-state index in [0.717, 1.165) is 22.4 Å². The van der Waals surface area contributed by atoms with Gasteiger partial charge in [-0.05, 0) is 37.6 Å². The summed E-state index contributed by atoms with van der Waals surface area (Å²) in [5.74, 6) is 1.28. The number of amides is 1. The van der Waals surface area contributed by atoms with Crippen LogP contribution >= 0.6 is 0 Å². The number of carbonyl (C=O) groups excluding carboxylic acids is 1. The topological polar surface area (TPSA) is 64.4 Å². The standard InChI is InChI=1S/C19H18N2O3/c1-13-6-3-4-8-16(13)24-19-15(7-5-10-20-19)12-21-18(22)17-14(2)9-11-23-17/h3-11H,12H2,1-2H3,(H,21,22). The van der Waals surface area contributed by atoms with Crippen molar-refractivity contribution in [2.24, 2.45) is 0 Å². The summed E-state index contributed by atoms with van der Waals surface area (Å²) in [5, 5.41) is 2.83. The molecule has 0 fully saturated rings. The van der Waals surface area contributed by atoms with Gasteiger partial charge in [0, 0.05) is 23.9 Å². The molecule has 24 heavy (non-hydrogen) atoms. The first kappa shape index (κ1) is 15.8. The fraction of sp³-hybridized carbons (Fsp3) is 0.158. The number of rotatable bonds is 5. The minimum atomic E-state index is -0.261. The van der Waals surface area contributed by atoms with Crippen molar-refractivity contribution < 1.29 is 13.9 Å². The molecule has 0 saturated carbocycles. The second kappa shape index (κ2) is 7.00. The first-order chi connectivity index (χ1) is 11.6. The number of carbonyl (C=O) groups is 1. The van der Waals surface area contributed by atoms with E-state index in [-0.39, 0.29) is 5.91 Å². The van der Waals surface area contributed by atoms with Crippen LogP contribution in [0.3, 0.4) is 0 Å². The number of aryl methyl sites for hydroxylation is 2. The SMILES string of the molecule is Cc1ccccc1Oc1ncccc1CNC(=O)c1occc1C. The van der Waals surface area contributed by atoms with Gasteiger partial charge >= 0.3 is 0 Å². The monoisotopic (exact) mass is 322 g/mol. The average Bonchev–Trinajstić information content (AvgIpc) is 3.02. The van der Waals surface area contributed by atoms with Gasteiger partial charge in [-0.2, -0.15) is 0 Å². The molecule has 3 rings (SSSR count). The van der Waals surface area contributed by atoms with Gasteiger partial charge in [0.15, 0.2) is 5.76 Å². The number of benzene rings is 1. The lowest BCUT2D eigenvalue weighted by Crippen LogP contribution is -2.23. The number of nitrogens with one attached hydrogen (secondary N) is 1. The second-order valence-corrected chi connectivity index (χ2v) is 5.45. The van der Waals surface area contributed by atoms with Gasteiger partial charge in [0.1, 0.15) is 5.75 Å². The summed E-state index contributed by atoms with van der Waals surface area (Å²) in [6.45, 7) is 4.10. The van der Waals surface area contributed by atoms with Crippen LogP contribution in [0.15, 0.2) is 59.3 Å². The molecule has 0 aliphatic rings. The molecule has 0 bridgehead atoms. The van der Waals surface area contributed by atoms with Crippen molar-refractivity contribution in [1.82, 2.24) is 10.3 Å². The molecule has 0 saturated heterocycles. The van der Waals surface area contributed by atoms with Crippen LogP contribution < -0.4 is 10.1 Å². The number of hydrogen-bond donors (Lipinski definition) is 1. The lowest BCUT2D eigenvalue weighted by molar-refractivity contribution is 0.0922. The van der Waals surface area contributed by atoms with E-state index in [9.17, 15) is 4.79 Å². The maximum Gasteiger partial charge on any atom is 0.287 e. The van der Waals surface area contributed by atoms with Crippen LogP contribution in [0.2, 0.25) is 0 Å². The van der Waals surface area contributed by atoms with Crippen molar-refractivity contribution >= 4 is 5.91 Å². The van der Waals surface area contributed by atoms with Crippen LogP contribution in [0.1, 0.15) is 27.2 Å². The zero-order chi connectivity index (χ0) is 16.9. The van der Waals surface area contributed by atoms with Gasteiger partial charge in [0.25, 0.3) is 5.91 Å². The van der Waals surface area contributed by atoms with E-state index in [1.54, 1.807) is 12.3 Å². The Morgan fingerprint density at radius 1 is 1.12 bits per heavy atom. The zero-order valence-corrected chi connectivity index (χ0v) is 13.6. The average molecular weight is 322 g/mol. The Hall–Kier alpha value is -3.08. The van der Waals surface area contributed by atoms with E-state index in [1.807, 2.05) is 50.2 Å². The lowest BCUT2D eigenvalue weighted by atomic mass is 10.2. The van der Waals surface area contributed by atoms with Crippen LogP contribution in [-0.2, 0) is 6.54 Å². The van der Waals surface area contributed by atoms with Gasteiger partial charge in [-0.25, -0.2) is 4.98 Å². The van der Waals surface area contributed by atoms with E-state index in [1.165, 1.54) is 6.26 Å². The summed E-state index contributed by atoms with van der Waals surface area (Å²) in [6.07, 6.45) is 3.16. The van der Waals surface area contributed by atoms with Crippen LogP contribution in [-0.4, -0.2) is 10.9 Å². The summed E-state index contributed by atoms with van der Waals surface area (Å²) in [4.78, 5) is 16.4. The molecule has 2 aromatic heterocycles. The second-order valence-electron chi connectivity index (χ2n) is 5.45. The Morgan fingerprint density at radius 2 is 1.96 bits per heavy atom. The van der Waals surface area contributed by atoms with Gasteiger partial charge in [0.05, 0.1) is 6.26 Å². The third-order valence-electron chi connectivity index (χ3n) is 3.66. The maximum atomic E-state index is 12.2. The van der Waals surface area contributed by atoms with E-state index >= 15 is 0 Å². The van der Waals surface area contributed by atoms with Gasteiger partial charge < -0.3 is 14.5 Å². The van der Waals surface area contributed by atoms with Crippen molar-refractivity contribution in [3.63, 3.8) is 0 Å². The number of aromatic nitrogens is 1. The summed E-state index contributed by atoms with van der Waals surface area (Å²) in [6, 6.07) is 13.2. The molecule has 0 atom stereocenters. The van der Waals surface area contributed by atoms with Gasteiger partial charge in [0.2, 0.25) is 5.88 Å². The Kier molecular flexibility index (Phi) is 4.61. The quantitative estimate of drug-likeness (QED) is 0.771. The van der Waals surface area contributed by atoms with Gasteiger partial charge in [-0.3, -0.25) is 4.79 Å². The van der Waals surface area contributed by atoms with Crippen LogP contribution in [0.5, 0.6) is 11.6 Å². The Bertz CT molecular complexity index is 855. The molecular weight excluding hydrogens is 304 g/mol. The zero-order valence-electron chi connectivity index (χ0n) is 13.6. The highest BCUT2D eigenvalue weighted by molar-refractivity contribution is 5.92. The highest BCUT2D eigenvalue weighted by atomic mass is 16.5. The summed E-state index contributed by atoms with van der Waals surface area (Å²) in [5.41, 5.74) is 2.61. The minimum Gasteiger partial charge on any atom is -0.459 e. The molecule has 1 N–H and O–H groups in total. The molecule has 0 radical (unpaired) electrons. The van der Waals surface area contributed by atoms with Crippen LogP contribution in [0, 0.1) is 13.8 Å². The number of furan rings is 1. The minimum absolute atomic E-state index is 0.261. The smallest absolute Gasteiger partial charge is 0.287 e. The molecule has 2 heterocycles. The first-order valence-corrected chi connectivity index (χ1v) is 7.65. The molecule has 1 aromatic carbocycles. The lowest BCUT2D eigenvalue weighted by Gasteiger charge is -2.12. The van der Waals surface area contributed by atoms with E-state index in [4.69, 9.17) is 9.15 Å². The van der Waals surface area contributed by atoms with Crippen LogP contribution in [0.4, 0.5) is 0 Å². The molecule has 1 amide bonds. The van der Waals surface area contributed by atoms with Crippen molar-refractivity contribution in [2.75, 3.05) is 0 Å². The third-order valence-corrected chi connectivity index (χ3v) is 3.66. The number of pyridine rings is 1. The molecule has 0 unspecified atom stereocenters. The molecule has 5 nitrogen and oxygen atoms in total. The van der Waals surface area contributed by atoms with Crippen molar-refractivity contribution in [3.8, 4) is 11.6 Å². The van der Waals surface area contributed by atoms with E-state index in [0.29, 0.717) is 18.2 Å². The number of ether oxygens (including phenoxy) is 1. The molecule has 0 spiro atoms. The highest BCUT2D eigenvalue weighted by Crippen LogP contribution is 2.25. The fourth-order valence-electron chi connectivity index (χ4n) is 2.29. The number of nitrogens with zero attached hydrogens (tertiary/aromatic N) is 1. The molecule has 5 heteroatoms. The van der Waals surface area contributed by atoms with E-state index < -0.39 is 0 Å². The largest absolute Gasteiger partial charge is 0.459 e. The first-order valence-electron chi connectivity index (χ1n) is 7.65. The summed E-state index contributed by atoms with van der Waals surface area (Å²) < 4.78 is 11.1. The van der Waals surface area contributed by atoms with Crippen molar-refractivity contribution in [2.45, 2.75) is 20.4 Å². The van der Waals surface area contributed by atoms with Crippen molar-refractivity contribution in [3.05, 3.63) is 77.4 Å². The number of para-hydroxylation sites is 1. The fourth-order valence-corrected chi connectivity index (χ4v) is 2.29. The summed E-state index contributed by atoms with van der Waals surface area (Å²) >= 11 is 0. The molecule has 3 aromatic rings. The normalized spacial score (nSPS) is 10.4. The molecule has 0 aliphatic carbocycles. The predicted molar refractivity (Wildman–Crippen MR) is 90.1 cm³/mol. The Balaban J connectivity index is 1.74. The predicted octanol–water partition coefficient (Wildman–Crippen LogP) is 4.01. The Labute approximate surface area is 140 Å². The Morgan fingerprint density at radius 3 is 2.71 bits per heavy atom. The molecule has 0 aliphatic heterocycles. The number of hydrogen-bond acceptors (Lipinski definition) is 4. The highest BCUT2D eigenvalue weighted by Gasteiger charge is 2.14. The van der Waals surface area contributed by atoms with E-state index in [2.05, 4.69) is 10.3 Å². The maximum absolute atomic E-state index is 12.2. The third kappa shape index (κ3) is 3.46. The molecular formula is C19H18N2O3. The molecule has 122 valence electrons.